The maximum atomic E-state index is 13.0. The summed E-state index contributed by atoms with van der Waals surface area (Å²) in [6.07, 6.45) is 0. The van der Waals surface area contributed by atoms with Crippen molar-refractivity contribution in [1.82, 2.24) is 0 Å². The normalized spacial score (nSPS) is 10.7. The monoisotopic (exact) mass is 211 g/mol. The minimum absolute atomic E-state index is 0.0367. The summed E-state index contributed by atoms with van der Waals surface area (Å²) in [5.41, 5.74) is 3.95. The van der Waals surface area contributed by atoms with Gasteiger partial charge in [0.25, 0.3) is 0 Å². The molecule has 0 unspecified atom stereocenters. The van der Waals surface area contributed by atoms with Crippen LogP contribution >= 0.6 is 0 Å². The number of hydrogen-bond donors (Lipinski definition) is 2. The van der Waals surface area contributed by atoms with Gasteiger partial charge in [-0.2, -0.15) is 0 Å². The molecule has 0 amide bonds. The van der Waals surface area contributed by atoms with Crippen LogP contribution in [0, 0.1) is 23.5 Å². The summed E-state index contributed by atoms with van der Waals surface area (Å²) in [6, 6.07) is 1.71. The molecule has 0 aliphatic heterocycles. The van der Waals surface area contributed by atoms with Gasteiger partial charge in [0.1, 0.15) is 17.2 Å². The van der Waals surface area contributed by atoms with Crippen LogP contribution in [0.2, 0.25) is 0 Å². The molecule has 0 atom stereocenters. The first-order chi connectivity index (χ1) is 6.79. The van der Waals surface area contributed by atoms with Crippen molar-refractivity contribution in [2.45, 2.75) is 19.4 Å². The van der Waals surface area contributed by atoms with Crippen LogP contribution in [-0.2, 0) is 0 Å². The van der Waals surface area contributed by atoms with Crippen molar-refractivity contribution < 1.29 is 13.9 Å². The van der Waals surface area contributed by atoms with Crippen molar-refractivity contribution in [3.05, 3.63) is 29.3 Å². The second-order valence-corrected chi connectivity index (χ2v) is 3.66. The number of nitrogens with two attached hydrogens (primary N) is 1. The molecular formula is C11H11F2NO. The van der Waals surface area contributed by atoms with E-state index in [1.54, 1.807) is 0 Å². The second-order valence-electron chi connectivity index (χ2n) is 3.66. The van der Waals surface area contributed by atoms with Gasteiger partial charge in [-0.3, -0.25) is 0 Å². The van der Waals surface area contributed by atoms with Crippen LogP contribution in [0.15, 0.2) is 12.1 Å². The number of aliphatic hydroxyl groups is 1. The molecule has 3 N–H and O–H groups in total. The van der Waals surface area contributed by atoms with Gasteiger partial charge in [0.2, 0.25) is 0 Å². The third kappa shape index (κ3) is 3.22. The van der Waals surface area contributed by atoms with Crippen molar-refractivity contribution in [2.24, 2.45) is 0 Å². The Bertz CT molecular complexity index is 438. The van der Waals surface area contributed by atoms with Crippen molar-refractivity contribution in [3.8, 4) is 11.8 Å². The minimum Gasteiger partial charge on any atom is -0.395 e. The van der Waals surface area contributed by atoms with E-state index in [1.807, 2.05) is 0 Å². The lowest BCUT2D eigenvalue weighted by atomic mass is 10.1. The topological polar surface area (TPSA) is 46.2 Å². The molecule has 0 fully saturated rings. The van der Waals surface area contributed by atoms with E-state index in [-0.39, 0.29) is 11.3 Å². The van der Waals surface area contributed by atoms with Crippen molar-refractivity contribution >= 4 is 5.69 Å². The summed E-state index contributed by atoms with van der Waals surface area (Å²) in [6.45, 7) is 2.93. The maximum absolute atomic E-state index is 13.0. The van der Waals surface area contributed by atoms with Gasteiger partial charge >= 0.3 is 0 Å². The predicted octanol–water partition coefficient (Wildman–Crippen LogP) is 1.67. The molecule has 0 radical (unpaired) electrons. The zero-order valence-electron chi connectivity index (χ0n) is 8.44. The van der Waals surface area contributed by atoms with Gasteiger partial charge in [0, 0.05) is 6.07 Å². The molecule has 0 saturated carbocycles. The highest BCUT2D eigenvalue weighted by molar-refractivity contribution is 5.57. The fourth-order valence-electron chi connectivity index (χ4n) is 0.908. The van der Waals surface area contributed by atoms with Crippen molar-refractivity contribution in [3.63, 3.8) is 0 Å². The number of nitrogen functional groups attached to an aromatic ring is 1. The van der Waals surface area contributed by atoms with Crippen molar-refractivity contribution in [1.29, 1.82) is 0 Å². The summed E-state index contributed by atoms with van der Waals surface area (Å²) in [5, 5.41) is 9.31. The van der Waals surface area contributed by atoms with E-state index in [0.29, 0.717) is 6.07 Å². The molecule has 1 aromatic rings. The Kier molecular flexibility index (Phi) is 2.96. The Morgan fingerprint density at radius 2 is 1.93 bits per heavy atom. The highest BCUT2D eigenvalue weighted by atomic mass is 19.1. The molecule has 2 nitrogen and oxygen atoms in total. The largest absolute Gasteiger partial charge is 0.395 e. The Morgan fingerprint density at radius 1 is 1.33 bits per heavy atom. The van der Waals surface area contributed by atoms with E-state index in [2.05, 4.69) is 11.8 Å². The van der Waals surface area contributed by atoms with E-state index in [0.717, 1.165) is 6.07 Å². The Morgan fingerprint density at radius 3 is 2.47 bits per heavy atom. The van der Waals surface area contributed by atoms with Gasteiger partial charge in [-0.05, 0) is 19.9 Å². The van der Waals surface area contributed by atoms with Gasteiger partial charge < -0.3 is 10.8 Å². The summed E-state index contributed by atoms with van der Waals surface area (Å²) >= 11 is 0. The lowest BCUT2D eigenvalue weighted by molar-refractivity contribution is 0.143. The van der Waals surface area contributed by atoms with Gasteiger partial charge in [-0.15, -0.1) is 0 Å². The highest BCUT2D eigenvalue weighted by Crippen LogP contribution is 2.17. The molecule has 0 spiro atoms. The van der Waals surface area contributed by atoms with Crippen LogP contribution in [-0.4, -0.2) is 10.7 Å². The zero-order valence-corrected chi connectivity index (χ0v) is 8.44. The Labute approximate surface area is 86.7 Å². The van der Waals surface area contributed by atoms with E-state index < -0.39 is 17.2 Å². The predicted molar refractivity (Wildman–Crippen MR) is 53.9 cm³/mol. The van der Waals surface area contributed by atoms with E-state index >= 15 is 0 Å². The minimum atomic E-state index is -1.23. The molecule has 0 saturated heterocycles. The molecule has 15 heavy (non-hydrogen) atoms. The van der Waals surface area contributed by atoms with Crippen LogP contribution in [0.4, 0.5) is 14.5 Å². The SMILES string of the molecule is CC(C)(O)C#Cc1cc(F)cc(F)c1N. The van der Waals surface area contributed by atoms with Crippen LogP contribution < -0.4 is 5.73 Å². The lowest BCUT2D eigenvalue weighted by Gasteiger charge is -2.06. The molecule has 0 heterocycles. The summed E-state index contributed by atoms with van der Waals surface area (Å²) in [5.74, 6) is 3.25. The first kappa shape index (κ1) is 11.5. The van der Waals surface area contributed by atoms with Gasteiger partial charge in [-0.1, -0.05) is 11.8 Å². The average Bonchev–Trinajstić information content (AvgIpc) is 2.07. The fourth-order valence-corrected chi connectivity index (χ4v) is 0.908. The van der Waals surface area contributed by atoms with E-state index in [9.17, 15) is 13.9 Å². The van der Waals surface area contributed by atoms with Crippen LogP contribution in [0.1, 0.15) is 19.4 Å². The number of anilines is 1. The molecule has 1 aromatic carbocycles. The third-order valence-electron chi connectivity index (χ3n) is 1.60. The van der Waals surface area contributed by atoms with Gasteiger partial charge in [0.05, 0.1) is 11.3 Å². The molecule has 4 heteroatoms. The van der Waals surface area contributed by atoms with Gasteiger partial charge in [-0.25, -0.2) is 8.78 Å². The molecule has 0 aliphatic carbocycles. The molecule has 0 aliphatic rings. The third-order valence-corrected chi connectivity index (χ3v) is 1.60. The fraction of sp³-hybridized carbons (Fsp3) is 0.273. The second kappa shape index (κ2) is 3.87. The number of halogens is 2. The highest BCUT2D eigenvalue weighted by Gasteiger charge is 2.09. The van der Waals surface area contributed by atoms with E-state index in [1.165, 1.54) is 13.8 Å². The quantitative estimate of drug-likeness (QED) is 0.506. The van der Waals surface area contributed by atoms with Crippen molar-refractivity contribution in [2.75, 3.05) is 5.73 Å². The summed E-state index contributed by atoms with van der Waals surface area (Å²) in [7, 11) is 0. The molecule has 1 rings (SSSR count). The smallest absolute Gasteiger partial charge is 0.150 e. The van der Waals surface area contributed by atoms with Gasteiger partial charge in [0.15, 0.2) is 0 Å². The molecule has 80 valence electrons. The molecule has 0 bridgehead atoms. The maximum Gasteiger partial charge on any atom is 0.150 e. The lowest BCUT2D eigenvalue weighted by Crippen LogP contribution is -2.14. The molecular weight excluding hydrogens is 200 g/mol. The van der Waals surface area contributed by atoms with Crippen LogP contribution in [0.5, 0.6) is 0 Å². The summed E-state index contributed by atoms with van der Waals surface area (Å²) in [4.78, 5) is 0. The van der Waals surface area contributed by atoms with E-state index in [4.69, 9.17) is 5.73 Å². The first-order valence-corrected chi connectivity index (χ1v) is 4.29. The molecule has 0 aromatic heterocycles. The number of benzene rings is 1. The number of rotatable bonds is 0. The average molecular weight is 211 g/mol. The standard InChI is InChI=1S/C11H11F2NO/c1-11(2,15)4-3-7-5-8(12)6-9(13)10(7)14/h5-6,15H,14H2,1-2H3. The number of hydrogen-bond acceptors (Lipinski definition) is 2. The Hall–Kier alpha value is -1.60. The van der Waals surface area contributed by atoms with Crippen LogP contribution in [0.25, 0.3) is 0 Å². The van der Waals surface area contributed by atoms with Crippen LogP contribution in [0.3, 0.4) is 0 Å². The first-order valence-electron chi connectivity index (χ1n) is 4.29. The Balaban J connectivity index is 3.20. The summed E-state index contributed by atoms with van der Waals surface area (Å²) < 4.78 is 25.8. The zero-order chi connectivity index (χ0) is 11.6.